The molecule has 0 bridgehead atoms. The molecule has 1 aliphatic carbocycles. The molecule has 0 unspecified atom stereocenters. The standard InChI is InChI=1S/C14H13F2N3S/c1-7-12(17)18-13(8-2-3-8)19-14(7)20-11-6-9(15)4-5-10(11)16/h4-6,8H,2-3H2,1H3,(H2,17,18,19). The van der Waals surface area contributed by atoms with Crippen LogP contribution in [-0.2, 0) is 0 Å². The molecule has 0 aliphatic heterocycles. The fourth-order valence-electron chi connectivity index (χ4n) is 1.81. The van der Waals surface area contributed by atoms with Gasteiger partial charge in [-0.15, -0.1) is 0 Å². The summed E-state index contributed by atoms with van der Waals surface area (Å²) in [6.07, 6.45) is 2.11. The molecule has 1 aromatic carbocycles. The van der Waals surface area contributed by atoms with Crippen LogP contribution in [0.5, 0.6) is 0 Å². The highest BCUT2D eigenvalue weighted by atomic mass is 32.2. The van der Waals surface area contributed by atoms with Crippen LogP contribution < -0.4 is 5.73 Å². The van der Waals surface area contributed by atoms with Crippen LogP contribution in [0.4, 0.5) is 14.6 Å². The minimum Gasteiger partial charge on any atom is -0.383 e. The Morgan fingerprint density at radius 2 is 2.00 bits per heavy atom. The zero-order valence-corrected chi connectivity index (χ0v) is 11.7. The molecule has 1 heterocycles. The van der Waals surface area contributed by atoms with Gasteiger partial charge in [-0.05, 0) is 38.0 Å². The molecule has 20 heavy (non-hydrogen) atoms. The van der Waals surface area contributed by atoms with Crippen LogP contribution in [0, 0.1) is 18.6 Å². The molecule has 1 saturated carbocycles. The second kappa shape index (κ2) is 5.01. The second-order valence-electron chi connectivity index (χ2n) is 4.85. The van der Waals surface area contributed by atoms with Gasteiger partial charge in [0.05, 0.1) is 4.90 Å². The minimum atomic E-state index is -0.476. The van der Waals surface area contributed by atoms with Gasteiger partial charge in [0.25, 0.3) is 0 Å². The number of nitrogens with zero attached hydrogens (tertiary/aromatic N) is 2. The van der Waals surface area contributed by atoms with E-state index in [9.17, 15) is 8.78 Å². The summed E-state index contributed by atoms with van der Waals surface area (Å²) in [4.78, 5) is 8.91. The third-order valence-electron chi connectivity index (χ3n) is 3.20. The lowest BCUT2D eigenvalue weighted by Gasteiger charge is -2.09. The lowest BCUT2D eigenvalue weighted by molar-refractivity contribution is 0.577. The zero-order chi connectivity index (χ0) is 14.3. The molecule has 0 spiro atoms. The van der Waals surface area contributed by atoms with Crippen molar-refractivity contribution in [3.8, 4) is 0 Å². The highest BCUT2D eigenvalue weighted by Crippen LogP contribution is 2.40. The Hall–Kier alpha value is -1.69. The van der Waals surface area contributed by atoms with E-state index in [0.717, 1.165) is 42.8 Å². The van der Waals surface area contributed by atoms with Crippen LogP contribution in [-0.4, -0.2) is 9.97 Å². The third kappa shape index (κ3) is 2.60. The Kier molecular flexibility index (Phi) is 3.33. The molecule has 2 aromatic rings. The first kappa shape index (κ1) is 13.3. The molecule has 3 rings (SSSR count). The average Bonchev–Trinajstić information content (AvgIpc) is 3.23. The highest BCUT2D eigenvalue weighted by Gasteiger charge is 2.28. The van der Waals surface area contributed by atoms with Gasteiger partial charge in [0.15, 0.2) is 0 Å². The lowest BCUT2D eigenvalue weighted by Crippen LogP contribution is -2.03. The van der Waals surface area contributed by atoms with Crippen molar-refractivity contribution in [1.29, 1.82) is 0 Å². The van der Waals surface area contributed by atoms with E-state index in [1.54, 1.807) is 6.92 Å². The minimum absolute atomic E-state index is 0.202. The Morgan fingerprint density at radius 3 is 2.70 bits per heavy atom. The number of nitrogen functional groups attached to an aromatic ring is 1. The van der Waals surface area contributed by atoms with Crippen LogP contribution >= 0.6 is 11.8 Å². The van der Waals surface area contributed by atoms with Gasteiger partial charge in [0.1, 0.15) is 28.3 Å². The molecule has 2 N–H and O–H groups in total. The molecule has 0 radical (unpaired) electrons. The molecule has 1 fully saturated rings. The molecule has 6 heteroatoms. The van der Waals surface area contributed by atoms with Crippen LogP contribution in [0.1, 0.15) is 30.1 Å². The van der Waals surface area contributed by atoms with Gasteiger partial charge in [0.2, 0.25) is 0 Å². The Labute approximate surface area is 119 Å². The van der Waals surface area contributed by atoms with Crippen molar-refractivity contribution < 1.29 is 8.78 Å². The average molecular weight is 293 g/mol. The lowest BCUT2D eigenvalue weighted by atomic mass is 10.3. The van der Waals surface area contributed by atoms with Crippen LogP contribution in [0.3, 0.4) is 0 Å². The van der Waals surface area contributed by atoms with E-state index >= 15 is 0 Å². The van der Waals surface area contributed by atoms with Crippen molar-refractivity contribution >= 4 is 17.6 Å². The van der Waals surface area contributed by atoms with Crippen LogP contribution in [0.2, 0.25) is 0 Å². The quantitative estimate of drug-likeness (QED) is 0.877. The van der Waals surface area contributed by atoms with Gasteiger partial charge in [-0.2, -0.15) is 0 Å². The third-order valence-corrected chi connectivity index (χ3v) is 4.32. The maximum absolute atomic E-state index is 13.7. The first-order chi connectivity index (χ1) is 9.54. The number of hydrogen-bond acceptors (Lipinski definition) is 4. The molecular formula is C14H13F2N3S. The summed E-state index contributed by atoms with van der Waals surface area (Å²) in [6, 6.07) is 3.37. The molecule has 104 valence electrons. The SMILES string of the molecule is Cc1c(N)nc(C2CC2)nc1Sc1cc(F)ccc1F. The Balaban J connectivity index is 1.99. The van der Waals surface area contributed by atoms with Gasteiger partial charge in [0, 0.05) is 11.5 Å². The number of hydrogen-bond donors (Lipinski definition) is 1. The molecule has 0 amide bonds. The predicted octanol–water partition coefficient (Wildman–Crippen LogP) is 3.67. The predicted molar refractivity (Wildman–Crippen MR) is 73.6 cm³/mol. The molecule has 0 atom stereocenters. The van der Waals surface area contributed by atoms with Crippen LogP contribution in [0.15, 0.2) is 28.1 Å². The first-order valence-electron chi connectivity index (χ1n) is 6.31. The monoisotopic (exact) mass is 293 g/mol. The van der Waals surface area contributed by atoms with Gasteiger partial charge >= 0.3 is 0 Å². The van der Waals surface area contributed by atoms with E-state index in [2.05, 4.69) is 9.97 Å². The summed E-state index contributed by atoms with van der Waals surface area (Å²) in [5.74, 6) is 0.514. The fraction of sp³-hybridized carbons (Fsp3) is 0.286. The number of nitrogens with two attached hydrogens (primary N) is 1. The van der Waals surface area contributed by atoms with E-state index in [0.29, 0.717) is 28.1 Å². The molecular weight excluding hydrogens is 280 g/mol. The molecule has 0 saturated heterocycles. The van der Waals surface area contributed by atoms with E-state index in [4.69, 9.17) is 5.73 Å². The smallest absolute Gasteiger partial charge is 0.137 e. The molecule has 1 aliphatic rings. The molecule has 1 aromatic heterocycles. The highest BCUT2D eigenvalue weighted by molar-refractivity contribution is 7.99. The maximum Gasteiger partial charge on any atom is 0.137 e. The van der Waals surface area contributed by atoms with E-state index < -0.39 is 11.6 Å². The van der Waals surface area contributed by atoms with Gasteiger partial charge in [-0.3, -0.25) is 0 Å². The van der Waals surface area contributed by atoms with E-state index in [1.165, 1.54) is 0 Å². The summed E-state index contributed by atoms with van der Waals surface area (Å²) < 4.78 is 26.9. The van der Waals surface area contributed by atoms with Crippen LogP contribution in [0.25, 0.3) is 0 Å². The van der Waals surface area contributed by atoms with E-state index in [1.807, 2.05) is 0 Å². The fourth-order valence-corrected chi connectivity index (χ4v) is 2.75. The van der Waals surface area contributed by atoms with Gasteiger partial charge < -0.3 is 5.73 Å². The zero-order valence-electron chi connectivity index (χ0n) is 10.9. The van der Waals surface area contributed by atoms with Crippen molar-refractivity contribution in [3.63, 3.8) is 0 Å². The number of halogens is 2. The summed E-state index contributed by atoms with van der Waals surface area (Å²) in [5.41, 5.74) is 6.57. The van der Waals surface area contributed by atoms with Crippen molar-refractivity contribution in [3.05, 3.63) is 41.2 Å². The number of rotatable bonds is 3. The number of anilines is 1. The topological polar surface area (TPSA) is 51.8 Å². The normalized spacial score (nSPS) is 14.6. The largest absolute Gasteiger partial charge is 0.383 e. The van der Waals surface area contributed by atoms with Crippen molar-refractivity contribution in [2.75, 3.05) is 5.73 Å². The summed E-state index contributed by atoms with van der Waals surface area (Å²) in [5, 5.41) is 0.587. The van der Waals surface area contributed by atoms with E-state index in [-0.39, 0.29) is 4.90 Å². The van der Waals surface area contributed by atoms with Gasteiger partial charge in [-0.25, -0.2) is 18.7 Å². The van der Waals surface area contributed by atoms with Crippen molar-refractivity contribution in [1.82, 2.24) is 9.97 Å². The van der Waals surface area contributed by atoms with Gasteiger partial charge in [-0.1, -0.05) is 11.8 Å². The van der Waals surface area contributed by atoms with Crippen molar-refractivity contribution in [2.24, 2.45) is 0 Å². The maximum atomic E-state index is 13.7. The number of benzene rings is 1. The molecule has 3 nitrogen and oxygen atoms in total. The Bertz CT molecular complexity index is 672. The van der Waals surface area contributed by atoms with Crippen molar-refractivity contribution in [2.45, 2.75) is 35.6 Å². The summed E-state index contributed by atoms with van der Waals surface area (Å²) in [7, 11) is 0. The summed E-state index contributed by atoms with van der Waals surface area (Å²) >= 11 is 1.08. The summed E-state index contributed by atoms with van der Waals surface area (Å²) in [6.45, 7) is 1.78. The first-order valence-corrected chi connectivity index (χ1v) is 7.13. The number of aromatic nitrogens is 2. The Morgan fingerprint density at radius 1 is 1.25 bits per heavy atom. The second-order valence-corrected chi connectivity index (χ2v) is 5.88.